The lowest BCUT2D eigenvalue weighted by Crippen LogP contribution is -2.15. The summed E-state index contributed by atoms with van der Waals surface area (Å²) < 4.78 is 40.4. The number of hydrogen-bond donors (Lipinski definition) is 1. The molecule has 0 aliphatic rings. The number of anilines is 1. The highest BCUT2D eigenvalue weighted by molar-refractivity contribution is 7.92. The number of aryl methyl sites for hydroxylation is 1. The van der Waals surface area contributed by atoms with Crippen molar-refractivity contribution in [2.75, 3.05) is 4.72 Å². The molecule has 2 aromatic rings. The SMILES string of the molecule is Cc1cccc(C(C)C)c1NS(=O)(=O)c1ccc(F)cc1. The van der Waals surface area contributed by atoms with Gasteiger partial charge in [0.1, 0.15) is 5.82 Å². The zero-order valence-corrected chi connectivity index (χ0v) is 13.0. The quantitative estimate of drug-likeness (QED) is 0.926. The highest BCUT2D eigenvalue weighted by Crippen LogP contribution is 2.29. The molecule has 21 heavy (non-hydrogen) atoms. The average molecular weight is 307 g/mol. The Morgan fingerprint density at radius 2 is 1.67 bits per heavy atom. The van der Waals surface area contributed by atoms with E-state index in [2.05, 4.69) is 4.72 Å². The van der Waals surface area contributed by atoms with Gasteiger partial charge in [-0.05, 0) is 48.2 Å². The average Bonchev–Trinajstić information content (AvgIpc) is 2.41. The Morgan fingerprint density at radius 1 is 1.05 bits per heavy atom. The van der Waals surface area contributed by atoms with Gasteiger partial charge in [0.25, 0.3) is 10.0 Å². The van der Waals surface area contributed by atoms with Gasteiger partial charge in [0.2, 0.25) is 0 Å². The van der Waals surface area contributed by atoms with Crippen LogP contribution in [0.5, 0.6) is 0 Å². The van der Waals surface area contributed by atoms with Crippen LogP contribution >= 0.6 is 0 Å². The number of rotatable bonds is 4. The highest BCUT2D eigenvalue weighted by atomic mass is 32.2. The van der Waals surface area contributed by atoms with Gasteiger partial charge in [-0.25, -0.2) is 12.8 Å². The molecule has 0 bridgehead atoms. The molecule has 0 aliphatic carbocycles. The first-order valence-corrected chi connectivity index (χ1v) is 8.17. The Bertz CT molecular complexity index is 737. The first-order chi connectivity index (χ1) is 9.81. The molecule has 112 valence electrons. The molecule has 0 unspecified atom stereocenters. The topological polar surface area (TPSA) is 46.2 Å². The smallest absolute Gasteiger partial charge is 0.261 e. The van der Waals surface area contributed by atoms with E-state index in [1.807, 2.05) is 39.0 Å². The third-order valence-electron chi connectivity index (χ3n) is 3.29. The van der Waals surface area contributed by atoms with E-state index in [1.54, 1.807) is 0 Å². The van der Waals surface area contributed by atoms with Gasteiger partial charge < -0.3 is 0 Å². The molecule has 1 N–H and O–H groups in total. The summed E-state index contributed by atoms with van der Waals surface area (Å²) in [5.74, 6) is -0.275. The standard InChI is InChI=1S/C16H18FNO2S/c1-11(2)15-6-4-5-12(3)16(15)18-21(19,20)14-9-7-13(17)8-10-14/h4-11,18H,1-3H3. The van der Waals surface area contributed by atoms with Crippen LogP contribution in [-0.4, -0.2) is 8.42 Å². The van der Waals surface area contributed by atoms with E-state index in [4.69, 9.17) is 0 Å². The van der Waals surface area contributed by atoms with Crippen molar-refractivity contribution in [3.05, 3.63) is 59.4 Å². The van der Waals surface area contributed by atoms with Crippen LogP contribution in [0.15, 0.2) is 47.4 Å². The molecular formula is C16H18FNO2S. The fourth-order valence-corrected chi connectivity index (χ4v) is 3.28. The predicted molar refractivity (Wildman–Crippen MR) is 82.5 cm³/mol. The number of sulfonamides is 1. The van der Waals surface area contributed by atoms with E-state index >= 15 is 0 Å². The third kappa shape index (κ3) is 3.42. The molecule has 0 fully saturated rings. The zero-order chi connectivity index (χ0) is 15.6. The summed E-state index contributed by atoms with van der Waals surface area (Å²) in [7, 11) is -3.73. The summed E-state index contributed by atoms with van der Waals surface area (Å²) >= 11 is 0. The molecule has 3 nitrogen and oxygen atoms in total. The molecule has 0 aliphatic heterocycles. The number of hydrogen-bond acceptors (Lipinski definition) is 2. The Kier molecular flexibility index (Phi) is 4.32. The van der Waals surface area contributed by atoms with Crippen molar-refractivity contribution in [1.29, 1.82) is 0 Å². The van der Waals surface area contributed by atoms with Crippen molar-refractivity contribution in [1.82, 2.24) is 0 Å². The Labute approximate surface area is 124 Å². The van der Waals surface area contributed by atoms with Gasteiger partial charge in [-0.15, -0.1) is 0 Å². The van der Waals surface area contributed by atoms with Gasteiger partial charge >= 0.3 is 0 Å². The van der Waals surface area contributed by atoms with Crippen LogP contribution < -0.4 is 4.72 Å². The van der Waals surface area contributed by atoms with E-state index in [1.165, 1.54) is 12.1 Å². The maximum absolute atomic E-state index is 12.9. The predicted octanol–water partition coefficient (Wildman–Crippen LogP) is 4.06. The van der Waals surface area contributed by atoms with Gasteiger partial charge in [-0.1, -0.05) is 32.0 Å². The van der Waals surface area contributed by atoms with Crippen LogP contribution in [-0.2, 0) is 10.0 Å². The summed E-state index contributed by atoms with van der Waals surface area (Å²) in [4.78, 5) is 0.0434. The fraction of sp³-hybridized carbons (Fsp3) is 0.250. The molecule has 0 amide bonds. The minimum atomic E-state index is -3.73. The lowest BCUT2D eigenvalue weighted by molar-refractivity contribution is 0.599. The van der Waals surface area contributed by atoms with Crippen LogP contribution in [0.25, 0.3) is 0 Å². The van der Waals surface area contributed by atoms with E-state index in [-0.39, 0.29) is 10.8 Å². The molecule has 0 saturated heterocycles. The highest BCUT2D eigenvalue weighted by Gasteiger charge is 2.18. The van der Waals surface area contributed by atoms with E-state index in [0.717, 1.165) is 23.3 Å². The van der Waals surface area contributed by atoms with Gasteiger partial charge in [-0.3, -0.25) is 4.72 Å². The summed E-state index contributed by atoms with van der Waals surface area (Å²) in [5, 5.41) is 0. The van der Waals surface area contributed by atoms with Crippen molar-refractivity contribution < 1.29 is 12.8 Å². The molecular weight excluding hydrogens is 289 g/mol. The molecule has 0 aromatic heterocycles. The van der Waals surface area contributed by atoms with Gasteiger partial charge in [-0.2, -0.15) is 0 Å². The number of nitrogens with one attached hydrogen (secondary N) is 1. The molecule has 0 saturated carbocycles. The maximum atomic E-state index is 12.9. The Morgan fingerprint density at radius 3 is 2.24 bits per heavy atom. The molecule has 2 aromatic carbocycles. The maximum Gasteiger partial charge on any atom is 0.261 e. The number of para-hydroxylation sites is 1. The largest absolute Gasteiger partial charge is 0.279 e. The third-order valence-corrected chi connectivity index (χ3v) is 4.65. The lowest BCUT2D eigenvalue weighted by atomic mass is 9.99. The van der Waals surface area contributed by atoms with Crippen LogP contribution in [0.2, 0.25) is 0 Å². The normalized spacial score (nSPS) is 11.7. The Balaban J connectivity index is 2.44. The van der Waals surface area contributed by atoms with Crippen molar-refractivity contribution >= 4 is 15.7 Å². The first-order valence-electron chi connectivity index (χ1n) is 6.69. The minimum Gasteiger partial charge on any atom is -0.279 e. The molecule has 5 heteroatoms. The number of halogens is 1. The zero-order valence-electron chi connectivity index (χ0n) is 12.2. The fourth-order valence-electron chi connectivity index (χ4n) is 2.12. The van der Waals surface area contributed by atoms with Crippen LogP contribution in [0.4, 0.5) is 10.1 Å². The summed E-state index contributed by atoms with van der Waals surface area (Å²) in [6, 6.07) is 10.4. The summed E-state index contributed by atoms with van der Waals surface area (Å²) in [5.41, 5.74) is 2.38. The molecule has 0 radical (unpaired) electrons. The second kappa shape index (κ2) is 5.85. The second-order valence-electron chi connectivity index (χ2n) is 5.25. The van der Waals surface area contributed by atoms with Crippen molar-refractivity contribution in [3.63, 3.8) is 0 Å². The van der Waals surface area contributed by atoms with Crippen molar-refractivity contribution in [3.8, 4) is 0 Å². The van der Waals surface area contributed by atoms with Crippen LogP contribution in [0.1, 0.15) is 30.9 Å². The van der Waals surface area contributed by atoms with Crippen LogP contribution in [0.3, 0.4) is 0 Å². The van der Waals surface area contributed by atoms with Crippen LogP contribution in [0, 0.1) is 12.7 Å². The van der Waals surface area contributed by atoms with Gasteiger partial charge in [0, 0.05) is 0 Å². The van der Waals surface area contributed by atoms with E-state index < -0.39 is 15.8 Å². The van der Waals surface area contributed by atoms with Crippen molar-refractivity contribution in [2.24, 2.45) is 0 Å². The summed E-state index contributed by atoms with van der Waals surface area (Å²) in [6.07, 6.45) is 0. The summed E-state index contributed by atoms with van der Waals surface area (Å²) in [6.45, 7) is 5.86. The molecule has 0 heterocycles. The first kappa shape index (κ1) is 15.5. The van der Waals surface area contributed by atoms with E-state index in [0.29, 0.717) is 5.69 Å². The van der Waals surface area contributed by atoms with Gasteiger partial charge in [0.15, 0.2) is 0 Å². The van der Waals surface area contributed by atoms with E-state index in [9.17, 15) is 12.8 Å². The molecule has 0 atom stereocenters. The number of benzene rings is 2. The molecule has 2 rings (SSSR count). The van der Waals surface area contributed by atoms with Crippen molar-refractivity contribution in [2.45, 2.75) is 31.6 Å². The monoisotopic (exact) mass is 307 g/mol. The minimum absolute atomic E-state index is 0.0434. The van der Waals surface area contributed by atoms with Gasteiger partial charge in [0.05, 0.1) is 10.6 Å². The molecule has 0 spiro atoms. The Hall–Kier alpha value is -1.88. The lowest BCUT2D eigenvalue weighted by Gasteiger charge is -2.17. The second-order valence-corrected chi connectivity index (χ2v) is 6.94.